The minimum absolute atomic E-state index is 0.0349. The van der Waals surface area contributed by atoms with Gasteiger partial charge in [-0.2, -0.15) is 0 Å². The number of rotatable bonds is 1. The average Bonchev–Trinajstić information content (AvgIpc) is 2.25. The minimum atomic E-state index is -0.663. The lowest BCUT2D eigenvalue weighted by Crippen LogP contribution is -2.20. The standard InChI is InChI=1S/C12H9NO4/c1-6(14)13-8-4-2-3-7-9(15)5-10(16)12(17)11(7)8/h2-5,16H,1H3,(H,13,14). The summed E-state index contributed by atoms with van der Waals surface area (Å²) in [5.41, 5.74) is 0.444. The zero-order chi connectivity index (χ0) is 12.6. The van der Waals surface area contributed by atoms with Crippen molar-refractivity contribution in [3.05, 3.63) is 41.2 Å². The van der Waals surface area contributed by atoms with Crippen LogP contribution in [0, 0.1) is 0 Å². The van der Waals surface area contributed by atoms with E-state index in [0.29, 0.717) is 0 Å². The van der Waals surface area contributed by atoms with E-state index in [2.05, 4.69) is 5.32 Å². The van der Waals surface area contributed by atoms with Gasteiger partial charge in [0.2, 0.25) is 11.7 Å². The summed E-state index contributed by atoms with van der Waals surface area (Å²) in [6, 6.07) is 4.54. The second-order valence-corrected chi connectivity index (χ2v) is 3.63. The maximum absolute atomic E-state index is 11.7. The van der Waals surface area contributed by atoms with E-state index in [9.17, 15) is 19.5 Å². The fraction of sp³-hybridized carbons (Fsp3) is 0.0833. The van der Waals surface area contributed by atoms with Gasteiger partial charge in [0.1, 0.15) is 0 Å². The summed E-state index contributed by atoms with van der Waals surface area (Å²) in [6.45, 7) is 1.30. The van der Waals surface area contributed by atoms with Gasteiger partial charge < -0.3 is 10.4 Å². The van der Waals surface area contributed by atoms with Crippen LogP contribution in [0.25, 0.3) is 0 Å². The van der Waals surface area contributed by atoms with Crippen LogP contribution in [-0.2, 0) is 4.79 Å². The Kier molecular flexibility index (Phi) is 2.51. The summed E-state index contributed by atoms with van der Waals surface area (Å²) in [5.74, 6) is -2.08. The predicted octanol–water partition coefficient (Wildman–Crippen LogP) is 1.47. The first-order valence-electron chi connectivity index (χ1n) is 4.91. The lowest BCUT2D eigenvalue weighted by molar-refractivity contribution is -0.114. The molecule has 1 amide bonds. The maximum atomic E-state index is 11.7. The molecule has 86 valence electrons. The van der Waals surface area contributed by atoms with Crippen LogP contribution in [0.15, 0.2) is 30.0 Å². The monoisotopic (exact) mass is 231 g/mol. The van der Waals surface area contributed by atoms with Crippen molar-refractivity contribution in [1.29, 1.82) is 0 Å². The highest BCUT2D eigenvalue weighted by Gasteiger charge is 2.28. The van der Waals surface area contributed by atoms with Gasteiger partial charge in [0.05, 0.1) is 11.3 Å². The molecule has 1 aromatic carbocycles. The highest BCUT2D eigenvalue weighted by molar-refractivity contribution is 6.26. The fourth-order valence-electron chi connectivity index (χ4n) is 1.69. The molecule has 0 saturated carbocycles. The van der Waals surface area contributed by atoms with Crippen molar-refractivity contribution in [2.75, 3.05) is 5.32 Å². The molecule has 0 aromatic heterocycles. The number of carbonyl (C=O) groups is 3. The molecule has 0 fully saturated rings. The van der Waals surface area contributed by atoms with E-state index in [4.69, 9.17) is 0 Å². The van der Waals surface area contributed by atoms with Crippen molar-refractivity contribution in [2.24, 2.45) is 0 Å². The Morgan fingerprint density at radius 1 is 1.29 bits per heavy atom. The number of nitrogens with one attached hydrogen (secondary N) is 1. The van der Waals surface area contributed by atoms with E-state index in [1.165, 1.54) is 19.1 Å². The third-order valence-corrected chi connectivity index (χ3v) is 2.37. The van der Waals surface area contributed by atoms with Crippen LogP contribution in [0.5, 0.6) is 0 Å². The quantitative estimate of drug-likeness (QED) is 0.766. The van der Waals surface area contributed by atoms with Crippen molar-refractivity contribution in [1.82, 2.24) is 0 Å². The van der Waals surface area contributed by atoms with Gasteiger partial charge in [-0.1, -0.05) is 12.1 Å². The van der Waals surface area contributed by atoms with E-state index < -0.39 is 17.3 Å². The van der Waals surface area contributed by atoms with Gasteiger partial charge in [-0.15, -0.1) is 0 Å². The third-order valence-electron chi connectivity index (χ3n) is 2.37. The number of carbonyl (C=O) groups excluding carboxylic acids is 3. The lowest BCUT2D eigenvalue weighted by Gasteiger charge is -2.15. The van der Waals surface area contributed by atoms with Crippen molar-refractivity contribution in [2.45, 2.75) is 6.92 Å². The van der Waals surface area contributed by atoms with Gasteiger partial charge in [-0.25, -0.2) is 0 Å². The third kappa shape index (κ3) is 1.82. The topological polar surface area (TPSA) is 83.5 Å². The second-order valence-electron chi connectivity index (χ2n) is 3.63. The first-order chi connectivity index (χ1) is 8.00. The molecule has 17 heavy (non-hydrogen) atoms. The molecular weight excluding hydrogens is 222 g/mol. The Labute approximate surface area is 96.8 Å². The van der Waals surface area contributed by atoms with Gasteiger partial charge in [0.15, 0.2) is 11.5 Å². The molecule has 0 spiro atoms. The van der Waals surface area contributed by atoms with Crippen molar-refractivity contribution < 1.29 is 19.5 Å². The second kappa shape index (κ2) is 3.86. The number of fused-ring (bicyclic) bond motifs is 1. The van der Waals surface area contributed by atoms with Gasteiger partial charge in [0, 0.05) is 18.6 Å². The molecular formula is C12H9NO4. The molecule has 1 aromatic rings. The van der Waals surface area contributed by atoms with Crippen LogP contribution in [0.4, 0.5) is 5.69 Å². The van der Waals surface area contributed by atoms with Gasteiger partial charge in [0.25, 0.3) is 0 Å². The lowest BCUT2D eigenvalue weighted by atomic mass is 9.92. The Hall–Kier alpha value is -2.43. The molecule has 2 N–H and O–H groups in total. The Morgan fingerprint density at radius 3 is 2.65 bits per heavy atom. The summed E-state index contributed by atoms with van der Waals surface area (Å²) >= 11 is 0. The molecule has 0 aliphatic heterocycles. The number of hydrogen-bond donors (Lipinski definition) is 2. The van der Waals surface area contributed by atoms with Crippen LogP contribution >= 0.6 is 0 Å². The summed E-state index contributed by atoms with van der Waals surface area (Å²) < 4.78 is 0. The van der Waals surface area contributed by atoms with E-state index in [0.717, 1.165) is 6.08 Å². The fourth-order valence-corrected chi connectivity index (χ4v) is 1.69. The number of ketones is 2. The minimum Gasteiger partial charge on any atom is -0.504 e. The number of Topliss-reactive ketones (excluding diaryl/α,β-unsaturated/α-hetero) is 1. The molecule has 2 rings (SSSR count). The first kappa shape index (κ1) is 11.1. The Balaban J connectivity index is 2.63. The summed E-state index contributed by atoms with van der Waals surface area (Å²) in [7, 11) is 0. The largest absolute Gasteiger partial charge is 0.504 e. The predicted molar refractivity (Wildman–Crippen MR) is 60.1 cm³/mol. The average molecular weight is 231 g/mol. The molecule has 5 heteroatoms. The number of anilines is 1. The zero-order valence-corrected chi connectivity index (χ0v) is 8.98. The van der Waals surface area contributed by atoms with Crippen molar-refractivity contribution in [3.8, 4) is 0 Å². The number of hydrogen-bond acceptors (Lipinski definition) is 4. The molecule has 1 aliphatic carbocycles. The normalized spacial score (nSPS) is 14.1. The van der Waals surface area contributed by atoms with Crippen LogP contribution in [0.2, 0.25) is 0 Å². The van der Waals surface area contributed by atoms with E-state index >= 15 is 0 Å². The summed E-state index contributed by atoms with van der Waals surface area (Å²) in [6.07, 6.45) is 0.877. The maximum Gasteiger partial charge on any atom is 0.230 e. The van der Waals surface area contributed by atoms with Gasteiger partial charge in [-0.05, 0) is 6.07 Å². The highest BCUT2D eigenvalue weighted by atomic mass is 16.3. The van der Waals surface area contributed by atoms with Gasteiger partial charge in [-0.3, -0.25) is 14.4 Å². The number of allylic oxidation sites excluding steroid dienone is 2. The molecule has 5 nitrogen and oxygen atoms in total. The van der Waals surface area contributed by atoms with Crippen LogP contribution < -0.4 is 5.32 Å². The Bertz CT molecular complexity index is 572. The molecule has 0 heterocycles. The summed E-state index contributed by atoms with van der Waals surface area (Å²) in [4.78, 5) is 34.3. The van der Waals surface area contributed by atoms with Crippen LogP contribution in [0.3, 0.4) is 0 Å². The number of aliphatic hydroxyl groups excluding tert-OH is 1. The summed E-state index contributed by atoms with van der Waals surface area (Å²) in [5, 5.41) is 11.8. The highest BCUT2D eigenvalue weighted by Crippen LogP contribution is 2.27. The van der Waals surface area contributed by atoms with Gasteiger partial charge >= 0.3 is 0 Å². The number of aliphatic hydroxyl groups is 1. The van der Waals surface area contributed by atoms with E-state index in [-0.39, 0.29) is 22.7 Å². The molecule has 0 radical (unpaired) electrons. The van der Waals surface area contributed by atoms with Crippen LogP contribution in [-0.4, -0.2) is 22.6 Å². The van der Waals surface area contributed by atoms with Crippen LogP contribution in [0.1, 0.15) is 27.6 Å². The molecule has 0 unspecified atom stereocenters. The molecule has 0 bridgehead atoms. The smallest absolute Gasteiger partial charge is 0.230 e. The Morgan fingerprint density at radius 2 is 2.00 bits per heavy atom. The number of benzene rings is 1. The van der Waals surface area contributed by atoms with Crippen molar-refractivity contribution >= 4 is 23.2 Å². The van der Waals surface area contributed by atoms with E-state index in [1.807, 2.05) is 0 Å². The van der Waals surface area contributed by atoms with Crippen molar-refractivity contribution in [3.63, 3.8) is 0 Å². The SMILES string of the molecule is CC(=O)Nc1cccc2c1C(=O)C(O)=CC2=O. The molecule has 1 aliphatic rings. The number of amides is 1. The zero-order valence-electron chi connectivity index (χ0n) is 8.98. The molecule has 0 saturated heterocycles. The molecule has 0 atom stereocenters. The first-order valence-corrected chi connectivity index (χ1v) is 4.91. The van der Waals surface area contributed by atoms with E-state index in [1.54, 1.807) is 6.07 Å².